The summed E-state index contributed by atoms with van der Waals surface area (Å²) in [7, 11) is 0. The zero-order valence-corrected chi connectivity index (χ0v) is 12.6. The fourth-order valence-corrected chi connectivity index (χ4v) is 3.34. The monoisotopic (exact) mass is 303 g/mol. The highest BCUT2D eigenvalue weighted by Crippen LogP contribution is 2.32. The molecule has 0 spiro atoms. The second kappa shape index (κ2) is 5.45. The van der Waals surface area contributed by atoms with E-state index in [1.807, 2.05) is 25.1 Å². The first-order valence-electron chi connectivity index (χ1n) is 6.75. The van der Waals surface area contributed by atoms with Crippen LogP contribution >= 0.6 is 11.3 Å². The van der Waals surface area contributed by atoms with Gasteiger partial charge in [0.1, 0.15) is 11.6 Å². The Bertz CT molecular complexity index is 762. The van der Waals surface area contributed by atoms with Crippen LogP contribution in [-0.4, -0.2) is 0 Å². The third-order valence-corrected chi connectivity index (χ3v) is 4.79. The maximum atomic E-state index is 13.9. The van der Waals surface area contributed by atoms with E-state index < -0.39 is 11.6 Å². The number of hydrogen-bond donors (Lipinski definition) is 1. The molecule has 0 aliphatic heterocycles. The van der Waals surface area contributed by atoms with E-state index >= 15 is 0 Å². The molecular formula is C17H15F2NS. The molecule has 0 bridgehead atoms. The smallest absolute Gasteiger partial charge is 0.146 e. The largest absolute Gasteiger partial charge is 0.375 e. The average molecular weight is 303 g/mol. The number of fused-ring (bicyclic) bond motifs is 1. The van der Waals surface area contributed by atoms with Gasteiger partial charge in [0, 0.05) is 15.6 Å². The molecule has 108 valence electrons. The van der Waals surface area contributed by atoms with Gasteiger partial charge in [-0.15, -0.1) is 11.3 Å². The molecule has 0 aliphatic rings. The zero-order chi connectivity index (χ0) is 15.0. The van der Waals surface area contributed by atoms with Crippen LogP contribution in [0, 0.1) is 18.6 Å². The van der Waals surface area contributed by atoms with E-state index in [1.165, 1.54) is 22.2 Å². The molecule has 0 amide bonds. The summed E-state index contributed by atoms with van der Waals surface area (Å²) in [5.41, 5.74) is 0.510. The predicted molar refractivity (Wildman–Crippen MR) is 85.0 cm³/mol. The van der Waals surface area contributed by atoms with Crippen molar-refractivity contribution in [1.29, 1.82) is 0 Å². The van der Waals surface area contributed by atoms with Crippen LogP contribution in [0.5, 0.6) is 0 Å². The molecular weight excluding hydrogens is 288 g/mol. The summed E-state index contributed by atoms with van der Waals surface area (Å²) in [6.45, 7) is 3.50. The Morgan fingerprint density at radius 3 is 2.57 bits per heavy atom. The van der Waals surface area contributed by atoms with Crippen molar-refractivity contribution in [3.63, 3.8) is 0 Å². The molecule has 21 heavy (non-hydrogen) atoms. The van der Waals surface area contributed by atoms with E-state index in [4.69, 9.17) is 0 Å². The molecule has 0 saturated heterocycles. The lowest BCUT2D eigenvalue weighted by molar-refractivity contribution is 0.593. The molecule has 3 rings (SSSR count). The molecule has 0 fully saturated rings. The van der Waals surface area contributed by atoms with Gasteiger partial charge < -0.3 is 5.32 Å². The minimum absolute atomic E-state index is 0.0843. The Kier molecular flexibility index (Phi) is 3.64. The number of hydrogen-bond acceptors (Lipinski definition) is 2. The van der Waals surface area contributed by atoms with Gasteiger partial charge in [-0.05, 0) is 43.0 Å². The maximum Gasteiger partial charge on any atom is 0.146 e. The summed E-state index contributed by atoms with van der Waals surface area (Å²) in [6, 6.07) is 12.5. The Morgan fingerprint density at radius 1 is 1.05 bits per heavy atom. The molecule has 0 aliphatic carbocycles. The lowest BCUT2D eigenvalue weighted by atomic mass is 10.1. The topological polar surface area (TPSA) is 12.0 Å². The van der Waals surface area contributed by atoms with Crippen molar-refractivity contribution in [3.8, 4) is 0 Å². The molecule has 1 nitrogen and oxygen atoms in total. The van der Waals surface area contributed by atoms with Crippen LogP contribution in [0.1, 0.15) is 23.4 Å². The third-order valence-electron chi connectivity index (χ3n) is 3.49. The van der Waals surface area contributed by atoms with Crippen molar-refractivity contribution in [2.45, 2.75) is 19.9 Å². The van der Waals surface area contributed by atoms with Gasteiger partial charge in [-0.25, -0.2) is 8.78 Å². The van der Waals surface area contributed by atoms with Crippen LogP contribution in [0.3, 0.4) is 0 Å². The van der Waals surface area contributed by atoms with Gasteiger partial charge in [0.15, 0.2) is 0 Å². The fourth-order valence-electron chi connectivity index (χ4n) is 2.28. The lowest BCUT2D eigenvalue weighted by Gasteiger charge is -2.15. The van der Waals surface area contributed by atoms with Gasteiger partial charge in [0.05, 0.1) is 11.7 Å². The number of nitrogens with one attached hydrogen (secondary N) is 1. The van der Waals surface area contributed by atoms with Gasteiger partial charge >= 0.3 is 0 Å². The van der Waals surface area contributed by atoms with Crippen molar-refractivity contribution in [1.82, 2.24) is 0 Å². The van der Waals surface area contributed by atoms with Crippen molar-refractivity contribution in [3.05, 3.63) is 64.5 Å². The highest BCUT2D eigenvalue weighted by molar-refractivity contribution is 7.19. The highest BCUT2D eigenvalue weighted by Gasteiger charge is 2.13. The molecule has 2 aromatic carbocycles. The first-order valence-corrected chi connectivity index (χ1v) is 7.57. The first kappa shape index (κ1) is 14.0. The average Bonchev–Trinajstić information content (AvgIpc) is 2.88. The van der Waals surface area contributed by atoms with Crippen LogP contribution in [-0.2, 0) is 0 Å². The summed E-state index contributed by atoms with van der Waals surface area (Å²) in [6.07, 6.45) is 0. The summed E-state index contributed by atoms with van der Waals surface area (Å²) >= 11 is 1.66. The van der Waals surface area contributed by atoms with Crippen molar-refractivity contribution in [2.75, 3.05) is 5.32 Å². The quantitative estimate of drug-likeness (QED) is 0.658. The van der Waals surface area contributed by atoms with E-state index in [9.17, 15) is 8.78 Å². The summed E-state index contributed by atoms with van der Waals surface area (Å²) < 4.78 is 28.7. The molecule has 1 N–H and O–H groups in total. The van der Waals surface area contributed by atoms with Gasteiger partial charge in [0.2, 0.25) is 0 Å². The summed E-state index contributed by atoms with van der Waals surface area (Å²) in [5.74, 6) is -0.829. The second-order valence-electron chi connectivity index (χ2n) is 5.13. The SMILES string of the molecule is Cc1cc(F)c(NC(C)c2cc3ccccc3s2)cc1F. The number of thiophene rings is 1. The van der Waals surface area contributed by atoms with E-state index in [0.29, 0.717) is 5.56 Å². The number of rotatable bonds is 3. The van der Waals surface area contributed by atoms with Gasteiger partial charge in [-0.3, -0.25) is 0 Å². The Hall–Kier alpha value is -1.94. The highest BCUT2D eigenvalue weighted by atomic mass is 32.1. The Balaban J connectivity index is 1.89. The van der Waals surface area contributed by atoms with Crippen LogP contribution < -0.4 is 5.32 Å². The molecule has 3 aromatic rings. The minimum atomic E-state index is -0.429. The second-order valence-corrected chi connectivity index (χ2v) is 6.25. The lowest BCUT2D eigenvalue weighted by Crippen LogP contribution is -2.07. The van der Waals surface area contributed by atoms with Crippen LogP contribution in [0.15, 0.2) is 42.5 Å². The van der Waals surface area contributed by atoms with Crippen LogP contribution in [0.2, 0.25) is 0 Å². The number of benzene rings is 2. The van der Waals surface area contributed by atoms with Crippen molar-refractivity contribution >= 4 is 27.1 Å². The van der Waals surface area contributed by atoms with Gasteiger partial charge in [-0.2, -0.15) is 0 Å². The van der Waals surface area contributed by atoms with E-state index in [0.717, 1.165) is 4.88 Å². The van der Waals surface area contributed by atoms with E-state index in [2.05, 4.69) is 17.4 Å². The first-order chi connectivity index (χ1) is 10.0. The molecule has 4 heteroatoms. The Labute approximate surface area is 126 Å². The Morgan fingerprint density at radius 2 is 1.81 bits per heavy atom. The minimum Gasteiger partial charge on any atom is -0.375 e. The molecule has 1 heterocycles. The number of halogens is 2. The molecule has 1 aromatic heterocycles. The fraction of sp³-hybridized carbons (Fsp3) is 0.176. The molecule has 1 atom stereocenters. The maximum absolute atomic E-state index is 13.9. The summed E-state index contributed by atoms with van der Waals surface area (Å²) in [4.78, 5) is 1.09. The number of anilines is 1. The standard InChI is InChI=1S/C17H15F2NS/c1-10-7-14(19)15(9-13(10)18)20-11(2)17-8-12-5-3-4-6-16(12)21-17/h3-9,11,20H,1-2H3. The summed E-state index contributed by atoms with van der Waals surface area (Å²) in [5, 5.41) is 4.22. The normalized spacial score (nSPS) is 12.6. The van der Waals surface area contributed by atoms with Crippen LogP contribution in [0.4, 0.5) is 14.5 Å². The molecule has 0 saturated carbocycles. The molecule has 1 unspecified atom stereocenters. The van der Waals surface area contributed by atoms with Gasteiger partial charge in [-0.1, -0.05) is 18.2 Å². The zero-order valence-electron chi connectivity index (χ0n) is 11.8. The predicted octanol–water partition coefficient (Wildman–Crippen LogP) is 5.66. The van der Waals surface area contributed by atoms with Crippen LogP contribution in [0.25, 0.3) is 10.1 Å². The molecule has 0 radical (unpaired) electrons. The van der Waals surface area contributed by atoms with Crippen molar-refractivity contribution < 1.29 is 8.78 Å². The van der Waals surface area contributed by atoms with Crippen molar-refractivity contribution in [2.24, 2.45) is 0 Å². The van der Waals surface area contributed by atoms with E-state index in [1.54, 1.807) is 18.3 Å². The van der Waals surface area contributed by atoms with Gasteiger partial charge in [0.25, 0.3) is 0 Å². The third kappa shape index (κ3) is 2.76. The van der Waals surface area contributed by atoms with E-state index in [-0.39, 0.29) is 11.7 Å². The number of aryl methyl sites for hydroxylation is 1.